The van der Waals surface area contributed by atoms with Gasteiger partial charge in [0.15, 0.2) is 5.75 Å². The molecule has 1 aromatic carbocycles. The van der Waals surface area contributed by atoms with E-state index >= 15 is 0 Å². The lowest BCUT2D eigenvalue weighted by atomic mass is 10.2. The highest BCUT2D eigenvalue weighted by Crippen LogP contribution is 2.23. The predicted molar refractivity (Wildman–Crippen MR) is 98.9 cm³/mol. The van der Waals surface area contributed by atoms with Crippen molar-refractivity contribution in [1.29, 1.82) is 0 Å². The molecule has 0 radical (unpaired) electrons. The minimum absolute atomic E-state index is 0.0161. The van der Waals surface area contributed by atoms with E-state index in [-0.39, 0.29) is 17.9 Å². The smallest absolute Gasteiger partial charge is 0.343 e. The molecule has 0 fully saturated rings. The van der Waals surface area contributed by atoms with E-state index in [9.17, 15) is 9.59 Å². The van der Waals surface area contributed by atoms with Gasteiger partial charge in [0.05, 0.1) is 19.9 Å². The van der Waals surface area contributed by atoms with Gasteiger partial charge >= 0.3 is 5.97 Å². The van der Waals surface area contributed by atoms with Gasteiger partial charge in [0, 0.05) is 12.4 Å². The Morgan fingerprint density at radius 3 is 2.59 bits per heavy atom. The molecular formula is C20H18N2O5. The van der Waals surface area contributed by atoms with Crippen LogP contribution >= 0.6 is 0 Å². The van der Waals surface area contributed by atoms with E-state index in [4.69, 9.17) is 14.2 Å². The number of hydrogen-bond donors (Lipinski definition) is 0. The highest BCUT2D eigenvalue weighted by molar-refractivity contribution is 5.89. The highest BCUT2D eigenvalue weighted by atomic mass is 16.5. The Balaban J connectivity index is 2.16. The van der Waals surface area contributed by atoms with Crippen molar-refractivity contribution in [2.45, 2.75) is 6.92 Å². The molecular weight excluding hydrogens is 348 g/mol. The highest BCUT2D eigenvalue weighted by Gasteiger charge is 2.19. The number of para-hydroxylation sites is 1. The third kappa shape index (κ3) is 3.98. The van der Waals surface area contributed by atoms with Gasteiger partial charge in [-0.15, -0.1) is 0 Å². The number of ether oxygens (including phenoxy) is 3. The van der Waals surface area contributed by atoms with Crippen LogP contribution in [0.15, 0.2) is 65.8 Å². The van der Waals surface area contributed by atoms with Crippen LogP contribution in [0.3, 0.4) is 0 Å². The lowest BCUT2D eigenvalue weighted by molar-refractivity contribution is 0.0523. The monoisotopic (exact) mass is 366 g/mol. The van der Waals surface area contributed by atoms with Crippen LogP contribution < -0.4 is 14.9 Å². The van der Waals surface area contributed by atoms with Crippen molar-refractivity contribution >= 4 is 5.97 Å². The molecule has 138 valence electrons. The van der Waals surface area contributed by atoms with Gasteiger partial charge < -0.3 is 18.8 Å². The summed E-state index contributed by atoms with van der Waals surface area (Å²) >= 11 is 0. The maximum atomic E-state index is 12.7. The number of carbonyl (C=O) groups is 1. The minimum atomic E-state index is -0.724. The van der Waals surface area contributed by atoms with Gasteiger partial charge in [-0.05, 0) is 31.2 Å². The standard InChI is InChI=1S/C20H18N2O5/c1-3-26-20(24)15-12-22(16-10-7-11-21-19(16)25-2)13-17(18(15)23)27-14-8-5-4-6-9-14/h4-13H,3H2,1-2H3. The summed E-state index contributed by atoms with van der Waals surface area (Å²) in [5.74, 6) is 0.0669. The molecule has 3 rings (SSSR count). The van der Waals surface area contributed by atoms with Crippen LogP contribution in [0.1, 0.15) is 17.3 Å². The molecule has 0 unspecified atom stereocenters. The molecule has 2 aromatic heterocycles. The van der Waals surface area contributed by atoms with Crippen LogP contribution in [-0.4, -0.2) is 29.2 Å². The summed E-state index contributed by atoms with van der Waals surface area (Å²) in [6, 6.07) is 12.3. The summed E-state index contributed by atoms with van der Waals surface area (Å²) in [4.78, 5) is 29.2. The predicted octanol–water partition coefficient (Wildman–Crippen LogP) is 3.21. The van der Waals surface area contributed by atoms with Crippen molar-refractivity contribution in [3.05, 3.63) is 76.8 Å². The average molecular weight is 366 g/mol. The molecule has 0 aliphatic carbocycles. The zero-order valence-corrected chi connectivity index (χ0v) is 14.9. The van der Waals surface area contributed by atoms with E-state index < -0.39 is 11.4 Å². The number of aromatic nitrogens is 2. The minimum Gasteiger partial charge on any atom is -0.480 e. The number of methoxy groups -OCH3 is 1. The van der Waals surface area contributed by atoms with Gasteiger partial charge in [0.25, 0.3) is 0 Å². The number of hydrogen-bond acceptors (Lipinski definition) is 6. The van der Waals surface area contributed by atoms with Crippen molar-refractivity contribution in [2.24, 2.45) is 0 Å². The van der Waals surface area contributed by atoms with Crippen LogP contribution in [0.4, 0.5) is 0 Å². The van der Waals surface area contributed by atoms with Crippen LogP contribution in [0, 0.1) is 0 Å². The second kappa shape index (κ2) is 8.18. The molecule has 0 saturated carbocycles. The first-order valence-corrected chi connectivity index (χ1v) is 8.29. The van der Waals surface area contributed by atoms with Crippen molar-refractivity contribution in [3.8, 4) is 23.1 Å². The molecule has 0 saturated heterocycles. The van der Waals surface area contributed by atoms with Crippen molar-refractivity contribution in [3.63, 3.8) is 0 Å². The van der Waals surface area contributed by atoms with Gasteiger partial charge in [0.2, 0.25) is 11.3 Å². The molecule has 0 N–H and O–H groups in total. The average Bonchev–Trinajstić information content (AvgIpc) is 2.70. The fraction of sp³-hybridized carbons (Fsp3) is 0.150. The van der Waals surface area contributed by atoms with Gasteiger partial charge in [-0.1, -0.05) is 18.2 Å². The Hall–Kier alpha value is -3.61. The topological polar surface area (TPSA) is 79.7 Å². The summed E-state index contributed by atoms with van der Waals surface area (Å²) in [5.41, 5.74) is -0.156. The summed E-state index contributed by atoms with van der Waals surface area (Å²) in [7, 11) is 1.49. The number of pyridine rings is 2. The van der Waals surface area contributed by atoms with E-state index in [1.165, 1.54) is 19.5 Å². The summed E-state index contributed by atoms with van der Waals surface area (Å²) < 4.78 is 17.5. The van der Waals surface area contributed by atoms with E-state index in [2.05, 4.69) is 4.98 Å². The first-order chi connectivity index (χ1) is 13.1. The Morgan fingerprint density at radius 2 is 1.89 bits per heavy atom. The fourth-order valence-electron chi connectivity index (χ4n) is 2.47. The van der Waals surface area contributed by atoms with Crippen LogP contribution in [0.5, 0.6) is 17.4 Å². The molecule has 0 atom stereocenters. The number of esters is 1. The molecule has 7 heteroatoms. The van der Waals surface area contributed by atoms with E-state index in [0.29, 0.717) is 17.3 Å². The van der Waals surface area contributed by atoms with Gasteiger partial charge in [-0.25, -0.2) is 9.78 Å². The largest absolute Gasteiger partial charge is 0.480 e. The molecule has 0 spiro atoms. The van der Waals surface area contributed by atoms with Crippen molar-refractivity contribution < 1.29 is 19.0 Å². The Bertz CT molecular complexity index is 999. The molecule has 0 amide bonds. The van der Waals surface area contributed by atoms with Gasteiger partial charge in [0.1, 0.15) is 17.0 Å². The van der Waals surface area contributed by atoms with Crippen molar-refractivity contribution in [1.82, 2.24) is 9.55 Å². The molecule has 0 aliphatic heterocycles. The molecule has 7 nitrogen and oxygen atoms in total. The SMILES string of the molecule is CCOC(=O)c1cn(-c2cccnc2OC)cc(Oc2ccccc2)c1=O. The number of carbonyl (C=O) groups excluding carboxylic acids is 1. The summed E-state index contributed by atoms with van der Waals surface area (Å²) in [6.07, 6.45) is 4.45. The van der Waals surface area contributed by atoms with E-state index in [1.54, 1.807) is 54.1 Å². The lowest BCUT2D eigenvalue weighted by Crippen LogP contribution is -2.21. The molecule has 0 aliphatic rings. The van der Waals surface area contributed by atoms with Crippen LogP contribution in [0.2, 0.25) is 0 Å². The first-order valence-electron chi connectivity index (χ1n) is 8.29. The van der Waals surface area contributed by atoms with E-state index in [0.717, 1.165) is 0 Å². The van der Waals surface area contributed by atoms with Gasteiger partial charge in [-0.3, -0.25) is 4.79 Å². The Morgan fingerprint density at radius 1 is 1.11 bits per heavy atom. The second-order valence-corrected chi connectivity index (χ2v) is 5.44. The number of benzene rings is 1. The Labute approximate surface area is 155 Å². The summed E-state index contributed by atoms with van der Waals surface area (Å²) in [5, 5.41) is 0. The molecule has 2 heterocycles. The zero-order chi connectivity index (χ0) is 19.2. The molecule has 0 bridgehead atoms. The fourth-order valence-corrected chi connectivity index (χ4v) is 2.47. The molecule has 27 heavy (non-hydrogen) atoms. The third-order valence-electron chi connectivity index (χ3n) is 3.68. The van der Waals surface area contributed by atoms with Crippen molar-refractivity contribution in [2.75, 3.05) is 13.7 Å². The normalized spacial score (nSPS) is 10.3. The number of rotatable bonds is 6. The third-order valence-corrected chi connectivity index (χ3v) is 3.68. The maximum Gasteiger partial charge on any atom is 0.343 e. The lowest BCUT2D eigenvalue weighted by Gasteiger charge is -2.14. The second-order valence-electron chi connectivity index (χ2n) is 5.44. The van der Waals surface area contributed by atoms with Gasteiger partial charge in [-0.2, -0.15) is 0 Å². The first kappa shape index (κ1) is 18.2. The number of nitrogens with zero attached hydrogens (tertiary/aromatic N) is 2. The van der Waals surface area contributed by atoms with Crippen LogP contribution in [0.25, 0.3) is 5.69 Å². The Kier molecular flexibility index (Phi) is 5.51. The molecule has 3 aromatic rings. The zero-order valence-electron chi connectivity index (χ0n) is 14.9. The summed E-state index contributed by atoms with van der Waals surface area (Å²) in [6.45, 7) is 1.82. The quantitative estimate of drug-likeness (QED) is 0.623. The van der Waals surface area contributed by atoms with Crippen LogP contribution in [-0.2, 0) is 4.74 Å². The van der Waals surface area contributed by atoms with E-state index in [1.807, 2.05) is 6.07 Å². The maximum absolute atomic E-state index is 12.7.